The first-order chi connectivity index (χ1) is 20.2. The van der Waals surface area contributed by atoms with E-state index in [1.165, 1.54) is 48.1 Å². The number of halogens is 3. The summed E-state index contributed by atoms with van der Waals surface area (Å²) >= 11 is 0. The minimum atomic E-state index is -4.37. The van der Waals surface area contributed by atoms with Gasteiger partial charge in [0, 0.05) is 12.1 Å². The summed E-state index contributed by atoms with van der Waals surface area (Å²) in [5.74, 6) is 1.52. The number of carbonyl (C=O) groups is 1. The average Bonchev–Trinajstić information content (AvgIpc) is 3.00. The van der Waals surface area contributed by atoms with Crippen LogP contribution in [0.25, 0.3) is 11.1 Å². The van der Waals surface area contributed by atoms with Crippen LogP contribution in [0, 0.1) is 6.92 Å². The second kappa shape index (κ2) is 13.3. The number of unbranched alkanes of at least 4 members (excludes halogenated alkanes) is 1. The summed E-state index contributed by atoms with van der Waals surface area (Å²) in [4.78, 5) is 15.3. The number of ether oxygens (including phenoxy) is 1. The van der Waals surface area contributed by atoms with Gasteiger partial charge in [-0.2, -0.15) is 13.2 Å². The van der Waals surface area contributed by atoms with Crippen molar-refractivity contribution >= 4 is 5.91 Å². The summed E-state index contributed by atoms with van der Waals surface area (Å²) in [6, 6.07) is 15.1. The summed E-state index contributed by atoms with van der Waals surface area (Å²) < 4.78 is 44.8. The van der Waals surface area contributed by atoms with Crippen LogP contribution in [-0.4, -0.2) is 44.1 Å². The van der Waals surface area contributed by atoms with Crippen LogP contribution in [0.1, 0.15) is 82.6 Å². The maximum absolute atomic E-state index is 12.9. The van der Waals surface area contributed by atoms with Gasteiger partial charge in [-0.25, -0.2) is 0 Å². The predicted molar refractivity (Wildman–Crippen MR) is 161 cm³/mol. The predicted octanol–water partition coefficient (Wildman–Crippen LogP) is 7.96. The highest BCUT2D eigenvalue weighted by molar-refractivity contribution is 5.95. The maximum Gasteiger partial charge on any atom is 0.416 e. The van der Waals surface area contributed by atoms with E-state index in [0.717, 1.165) is 80.7 Å². The lowest BCUT2D eigenvalue weighted by Gasteiger charge is -2.33. The second-order valence-corrected chi connectivity index (χ2v) is 11.7. The van der Waals surface area contributed by atoms with E-state index in [1.54, 1.807) is 12.1 Å². The van der Waals surface area contributed by atoms with Crippen LogP contribution in [0.2, 0.25) is 0 Å². The standard InChI is InChI=1S/C35H41F3N2O2/c1-24-9-10-28(23-32(24)26-11-14-29(15-12-26)35(36,37)38)34(41)39-19-5-6-20-40-21-17-27(18-22-40)31-16-13-25-7-3-4-8-30(25)33(31)42-2/h9-16,23,27H,3-8,17-22H2,1-2H3,(H,39,41). The third-order valence-corrected chi connectivity index (χ3v) is 8.95. The normalized spacial score (nSPS) is 16.2. The number of fused-ring (bicyclic) bond motifs is 1. The molecule has 0 spiro atoms. The van der Waals surface area contributed by atoms with E-state index < -0.39 is 11.7 Å². The topological polar surface area (TPSA) is 41.6 Å². The Bertz CT molecular complexity index is 1380. The van der Waals surface area contributed by atoms with Gasteiger partial charge in [-0.05, 0) is 141 Å². The molecule has 0 bridgehead atoms. The largest absolute Gasteiger partial charge is 0.496 e. The summed E-state index contributed by atoms with van der Waals surface area (Å²) in [6.45, 7) is 5.65. The molecule has 0 unspecified atom stereocenters. The fraction of sp³-hybridized carbons (Fsp3) is 0.457. The zero-order chi connectivity index (χ0) is 29.7. The average molecular weight is 579 g/mol. The Hall–Kier alpha value is -3.32. The molecule has 224 valence electrons. The number of nitrogens with one attached hydrogen (secondary N) is 1. The molecule has 0 aromatic heterocycles. The second-order valence-electron chi connectivity index (χ2n) is 11.7. The zero-order valence-corrected chi connectivity index (χ0v) is 24.7. The van der Waals surface area contributed by atoms with Crippen LogP contribution in [0.5, 0.6) is 5.75 Å². The lowest BCUT2D eigenvalue weighted by molar-refractivity contribution is -0.137. The third kappa shape index (κ3) is 7.00. The highest BCUT2D eigenvalue weighted by Gasteiger charge is 2.30. The van der Waals surface area contributed by atoms with Crippen molar-refractivity contribution in [1.29, 1.82) is 0 Å². The van der Waals surface area contributed by atoms with Gasteiger partial charge in [-0.15, -0.1) is 0 Å². The number of aryl methyl sites for hydroxylation is 2. The summed E-state index contributed by atoms with van der Waals surface area (Å²) in [7, 11) is 1.82. The first kappa shape index (κ1) is 30.1. The first-order valence-corrected chi connectivity index (χ1v) is 15.2. The Morgan fingerprint density at radius 1 is 0.976 bits per heavy atom. The Morgan fingerprint density at radius 3 is 2.43 bits per heavy atom. The third-order valence-electron chi connectivity index (χ3n) is 8.95. The Morgan fingerprint density at radius 2 is 1.71 bits per heavy atom. The molecule has 1 aliphatic carbocycles. The molecule has 7 heteroatoms. The van der Waals surface area contributed by atoms with E-state index in [-0.39, 0.29) is 5.91 Å². The van der Waals surface area contributed by atoms with Crippen LogP contribution in [-0.2, 0) is 19.0 Å². The van der Waals surface area contributed by atoms with Gasteiger partial charge in [0.05, 0.1) is 12.7 Å². The number of piperidine rings is 1. The molecule has 1 N–H and O–H groups in total. The highest BCUT2D eigenvalue weighted by Crippen LogP contribution is 2.40. The fourth-order valence-corrected chi connectivity index (χ4v) is 6.52. The fourth-order valence-electron chi connectivity index (χ4n) is 6.52. The van der Waals surface area contributed by atoms with Gasteiger partial charge in [-0.1, -0.05) is 30.3 Å². The number of alkyl halides is 3. The number of methoxy groups -OCH3 is 1. The van der Waals surface area contributed by atoms with Gasteiger partial charge >= 0.3 is 6.18 Å². The molecule has 4 nitrogen and oxygen atoms in total. The van der Waals surface area contributed by atoms with Gasteiger partial charge in [0.2, 0.25) is 0 Å². The zero-order valence-electron chi connectivity index (χ0n) is 24.7. The Balaban J connectivity index is 1.06. The first-order valence-electron chi connectivity index (χ1n) is 15.2. The molecule has 0 atom stereocenters. The van der Waals surface area contributed by atoms with Crippen molar-refractivity contribution in [2.75, 3.05) is 33.3 Å². The molecule has 1 heterocycles. The number of hydrogen-bond donors (Lipinski definition) is 1. The van der Waals surface area contributed by atoms with E-state index in [1.807, 2.05) is 20.1 Å². The summed E-state index contributed by atoms with van der Waals surface area (Å²) in [5, 5.41) is 3.01. The van der Waals surface area contributed by atoms with Gasteiger partial charge < -0.3 is 15.0 Å². The summed E-state index contributed by atoms with van der Waals surface area (Å²) in [6.07, 6.45) is 4.63. The number of likely N-dealkylation sites (tertiary alicyclic amines) is 1. The molecule has 3 aromatic rings. The summed E-state index contributed by atoms with van der Waals surface area (Å²) in [5.41, 5.74) is 6.43. The molecule has 3 aromatic carbocycles. The molecule has 42 heavy (non-hydrogen) atoms. The van der Waals surface area contributed by atoms with E-state index in [2.05, 4.69) is 22.3 Å². The molecule has 0 saturated carbocycles. The maximum atomic E-state index is 12.9. The van der Waals surface area contributed by atoms with Crippen molar-refractivity contribution in [3.63, 3.8) is 0 Å². The number of nitrogens with zero attached hydrogens (tertiary/aromatic N) is 1. The number of benzene rings is 3. The van der Waals surface area contributed by atoms with E-state index >= 15 is 0 Å². The lowest BCUT2D eigenvalue weighted by Crippen LogP contribution is -2.34. The van der Waals surface area contributed by atoms with Crippen molar-refractivity contribution in [1.82, 2.24) is 10.2 Å². The van der Waals surface area contributed by atoms with E-state index in [0.29, 0.717) is 23.6 Å². The minimum Gasteiger partial charge on any atom is -0.496 e. The highest BCUT2D eigenvalue weighted by atomic mass is 19.4. The van der Waals surface area contributed by atoms with Crippen molar-refractivity contribution in [3.8, 4) is 16.9 Å². The number of hydrogen-bond acceptors (Lipinski definition) is 3. The van der Waals surface area contributed by atoms with Gasteiger partial charge in [-0.3, -0.25) is 4.79 Å². The smallest absolute Gasteiger partial charge is 0.416 e. The Kier molecular flexibility index (Phi) is 9.57. The van der Waals surface area contributed by atoms with Crippen molar-refractivity contribution in [3.05, 3.63) is 88.0 Å². The van der Waals surface area contributed by atoms with Crippen LogP contribution >= 0.6 is 0 Å². The van der Waals surface area contributed by atoms with E-state index in [9.17, 15) is 18.0 Å². The van der Waals surface area contributed by atoms with Crippen LogP contribution in [0.4, 0.5) is 13.2 Å². The lowest BCUT2D eigenvalue weighted by atomic mass is 9.83. The molecule has 1 amide bonds. The molecule has 1 saturated heterocycles. The van der Waals surface area contributed by atoms with Crippen LogP contribution in [0.3, 0.4) is 0 Å². The monoisotopic (exact) mass is 578 g/mol. The van der Waals surface area contributed by atoms with Crippen molar-refractivity contribution < 1.29 is 22.7 Å². The Labute approximate surface area is 247 Å². The van der Waals surface area contributed by atoms with Gasteiger partial charge in [0.1, 0.15) is 5.75 Å². The van der Waals surface area contributed by atoms with Crippen LogP contribution in [0.15, 0.2) is 54.6 Å². The van der Waals surface area contributed by atoms with Crippen LogP contribution < -0.4 is 10.1 Å². The molecule has 1 fully saturated rings. The van der Waals surface area contributed by atoms with Crippen molar-refractivity contribution in [2.24, 2.45) is 0 Å². The van der Waals surface area contributed by atoms with Gasteiger partial charge in [0.25, 0.3) is 5.91 Å². The number of amides is 1. The van der Waals surface area contributed by atoms with E-state index in [4.69, 9.17) is 4.74 Å². The molecular weight excluding hydrogens is 537 g/mol. The van der Waals surface area contributed by atoms with Crippen molar-refractivity contribution in [2.45, 2.75) is 70.4 Å². The quantitative estimate of drug-likeness (QED) is 0.262. The SMILES string of the molecule is COc1c(C2CCN(CCCCNC(=O)c3ccc(C)c(-c4ccc(C(F)(F)F)cc4)c3)CC2)ccc2c1CCCC2. The number of rotatable bonds is 9. The molecular formula is C35H41F3N2O2. The molecule has 0 radical (unpaired) electrons. The molecule has 5 rings (SSSR count). The minimum absolute atomic E-state index is 0.164. The van der Waals surface area contributed by atoms with Gasteiger partial charge in [0.15, 0.2) is 0 Å². The molecule has 1 aliphatic heterocycles. The molecule has 2 aliphatic rings. The number of carbonyl (C=O) groups excluding carboxylic acids is 1.